The zero-order valence-corrected chi connectivity index (χ0v) is 11.4. The largest absolute Gasteiger partial charge is 0.462 e. The Bertz CT molecular complexity index is 591. The number of carbonyl (C=O) groups excluding carboxylic acids is 1. The number of benzene rings is 2. The van der Waals surface area contributed by atoms with Crippen molar-refractivity contribution in [2.24, 2.45) is 0 Å². The third-order valence-electron chi connectivity index (χ3n) is 2.67. The maximum absolute atomic E-state index is 11.7. The van der Waals surface area contributed by atoms with Gasteiger partial charge >= 0.3 is 5.97 Å². The van der Waals surface area contributed by atoms with Crippen molar-refractivity contribution in [2.75, 3.05) is 6.61 Å². The van der Waals surface area contributed by atoms with E-state index in [9.17, 15) is 4.79 Å². The Morgan fingerprint density at radius 1 is 1.00 bits per heavy atom. The summed E-state index contributed by atoms with van der Waals surface area (Å²) in [5.74, 6) is -0.319. The first-order valence-electron chi connectivity index (χ1n) is 6.09. The van der Waals surface area contributed by atoms with Gasteiger partial charge in [-0.1, -0.05) is 54.7 Å². The standard InChI is InChI=1S/C16H14O2S/c1-2-18-16(17)14-10-6-9-13(11-14)15(19)12-7-4-3-5-8-12/h3-11H,2H2,1H3. The van der Waals surface area contributed by atoms with Gasteiger partial charge in [0.1, 0.15) is 0 Å². The SMILES string of the molecule is CCOC(=O)c1cccc(C(=S)c2ccccc2)c1. The Kier molecular flexibility index (Phi) is 4.42. The third-order valence-corrected chi connectivity index (χ3v) is 3.14. The van der Waals surface area contributed by atoms with Crippen molar-refractivity contribution in [3.63, 3.8) is 0 Å². The van der Waals surface area contributed by atoms with Crippen molar-refractivity contribution in [3.05, 3.63) is 71.3 Å². The summed E-state index contributed by atoms with van der Waals surface area (Å²) in [5, 5.41) is 0. The van der Waals surface area contributed by atoms with Crippen molar-refractivity contribution in [1.29, 1.82) is 0 Å². The van der Waals surface area contributed by atoms with E-state index < -0.39 is 0 Å². The predicted octanol–water partition coefficient (Wildman–Crippen LogP) is 3.63. The summed E-state index contributed by atoms with van der Waals surface area (Å²) in [6.45, 7) is 2.16. The molecule has 0 heterocycles. The molecule has 0 aliphatic rings. The van der Waals surface area contributed by atoms with Gasteiger partial charge in [0.15, 0.2) is 0 Å². The highest BCUT2D eigenvalue weighted by Gasteiger charge is 2.09. The Hall–Kier alpha value is -2.00. The summed E-state index contributed by atoms with van der Waals surface area (Å²) < 4.78 is 4.99. The first kappa shape index (κ1) is 13.4. The van der Waals surface area contributed by atoms with Gasteiger partial charge in [-0.15, -0.1) is 0 Å². The number of thiocarbonyl (C=S) groups is 1. The number of ether oxygens (including phenoxy) is 1. The second kappa shape index (κ2) is 6.25. The Morgan fingerprint density at radius 2 is 1.63 bits per heavy atom. The molecule has 0 radical (unpaired) electrons. The molecule has 0 aliphatic carbocycles. The number of hydrogen-bond acceptors (Lipinski definition) is 3. The van der Waals surface area contributed by atoms with Crippen LogP contribution < -0.4 is 0 Å². The molecule has 0 N–H and O–H groups in total. The molecule has 96 valence electrons. The van der Waals surface area contributed by atoms with E-state index in [0.29, 0.717) is 12.2 Å². The minimum absolute atomic E-state index is 0.319. The smallest absolute Gasteiger partial charge is 0.338 e. The molecule has 0 aromatic heterocycles. The Balaban J connectivity index is 2.29. The molecule has 0 saturated heterocycles. The van der Waals surface area contributed by atoms with Gasteiger partial charge in [0.2, 0.25) is 0 Å². The van der Waals surface area contributed by atoms with Crippen LogP contribution in [-0.2, 0) is 4.74 Å². The van der Waals surface area contributed by atoms with Crippen LogP contribution in [0, 0.1) is 0 Å². The molecule has 0 aliphatic heterocycles. The molecule has 2 aromatic carbocycles. The second-order valence-electron chi connectivity index (χ2n) is 4.00. The minimum Gasteiger partial charge on any atom is -0.462 e. The van der Waals surface area contributed by atoms with Crippen LogP contribution in [-0.4, -0.2) is 17.4 Å². The molecule has 2 nitrogen and oxygen atoms in total. The lowest BCUT2D eigenvalue weighted by Crippen LogP contribution is -2.07. The summed E-state index contributed by atoms with van der Waals surface area (Å²) in [4.78, 5) is 12.4. The van der Waals surface area contributed by atoms with E-state index in [4.69, 9.17) is 17.0 Å². The maximum atomic E-state index is 11.7. The van der Waals surface area contributed by atoms with E-state index in [0.717, 1.165) is 16.0 Å². The van der Waals surface area contributed by atoms with E-state index in [1.54, 1.807) is 19.1 Å². The molecule has 0 fully saturated rings. The van der Waals surface area contributed by atoms with Crippen molar-refractivity contribution in [3.8, 4) is 0 Å². The highest BCUT2D eigenvalue weighted by Crippen LogP contribution is 2.13. The molecule has 0 atom stereocenters. The fraction of sp³-hybridized carbons (Fsp3) is 0.125. The van der Waals surface area contributed by atoms with Crippen LogP contribution >= 0.6 is 12.2 Å². The molecular weight excluding hydrogens is 256 g/mol. The zero-order chi connectivity index (χ0) is 13.7. The van der Waals surface area contributed by atoms with Gasteiger partial charge in [-0.3, -0.25) is 0 Å². The van der Waals surface area contributed by atoms with E-state index in [2.05, 4.69) is 0 Å². The normalized spacial score (nSPS) is 9.95. The molecular formula is C16H14O2S. The molecule has 2 rings (SSSR count). The summed E-state index contributed by atoms with van der Waals surface area (Å²) in [6.07, 6.45) is 0. The first-order chi connectivity index (χ1) is 9.22. The molecule has 0 saturated carbocycles. The van der Waals surface area contributed by atoms with Crippen LogP contribution in [0.15, 0.2) is 54.6 Å². The average Bonchev–Trinajstić information content (AvgIpc) is 2.48. The molecule has 3 heteroatoms. The average molecular weight is 270 g/mol. The van der Waals surface area contributed by atoms with E-state index in [1.807, 2.05) is 42.5 Å². The van der Waals surface area contributed by atoms with Gasteiger partial charge in [-0.05, 0) is 30.2 Å². The van der Waals surface area contributed by atoms with Crippen LogP contribution in [0.25, 0.3) is 0 Å². The van der Waals surface area contributed by atoms with E-state index in [-0.39, 0.29) is 5.97 Å². The number of carbonyl (C=O) groups is 1. The van der Waals surface area contributed by atoms with Gasteiger partial charge < -0.3 is 4.74 Å². The fourth-order valence-corrected chi connectivity index (χ4v) is 2.02. The quantitative estimate of drug-likeness (QED) is 0.482. The Labute approximate surface area is 118 Å². The fourth-order valence-electron chi connectivity index (χ4n) is 1.76. The number of esters is 1. The van der Waals surface area contributed by atoms with Crippen LogP contribution in [0.3, 0.4) is 0 Å². The molecule has 0 bridgehead atoms. The molecule has 0 spiro atoms. The number of hydrogen-bond donors (Lipinski definition) is 0. The van der Waals surface area contributed by atoms with Crippen LogP contribution in [0.2, 0.25) is 0 Å². The van der Waals surface area contributed by atoms with Gasteiger partial charge in [-0.2, -0.15) is 0 Å². The lowest BCUT2D eigenvalue weighted by Gasteiger charge is -2.06. The highest BCUT2D eigenvalue weighted by atomic mass is 32.1. The first-order valence-corrected chi connectivity index (χ1v) is 6.50. The summed E-state index contributed by atoms with van der Waals surface area (Å²) in [5.41, 5.74) is 2.35. The Morgan fingerprint density at radius 3 is 2.32 bits per heavy atom. The van der Waals surface area contributed by atoms with Crippen LogP contribution in [0.4, 0.5) is 0 Å². The van der Waals surface area contributed by atoms with E-state index >= 15 is 0 Å². The van der Waals surface area contributed by atoms with Gasteiger partial charge in [-0.25, -0.2) is 4.79 Å². The summed E-state index contributed by atoms with van der Waals surface area (Å²) in [7, 11) is 0. The topological polar surface area (TPSA) is 26.3 Å². The van der Waals surface area contributed by atoms with Crippen molar-refractivity contribution >= 4 is 23.1 Å². The van der Waals surface area contributed by atoms with Crippen LogP contribution in [0.5, 0.6) is 0 Å². The van der Waals surface area contributed by atoms with Crippen LogP contribution in [0.1, 0.15) is 28.4 Å². The lowest BCUT2D eigenvalue weighted by atomic mass is 10.0. The predicted molar refractivity (Wildman–Crippen MR) is 79.6 cm³/mol. The van der Waals surface area contributed by atoms with E-state index in [1.165, 1.54) is 0 Å². The van der Waals surface area contributed by atoms with Crippen molar-refractivity contribution in [1.82, 2.24) is 0 Å². The molecule has 2 aromatic rings. The number of rotatable bonds is 4. The molecule has 0 unspecified atom stereocenters. The lowest BCUT2D eigenvalue weighted by molar-refractivity contribution is 0.0526. The maximum Gasteiger partial charge on any atom is 0.338 e. The summed E-state index contributed by atoms with van der Waals surface area (Å²) in [6, 6.07) is 17.0. The van der Waals surface area contributed by atoms with Crippen molar-refractivity contribution in [2.45, 2.75) is 6.92 Å². The van der Waals surface area contributed by atoms with Gasteiger partial charge in [0.05, 0.1) is 17.0 Å². The van der Waals surface area contributed by atoms with Crippen molar-refractivity contribution < 1.29 is 9.53 Å². The second-order valence-corrected chi connectivity index (χ2v) is 4.40. The van der Waals surface area contributed by atoms with Gasteiger partial charge in [0, 0.05) is 0 Å². The third kappa shape index (κ3) is 3.26. The minimum atomic E-state index is -0.319. The molecule has 19 heavy (non-hydrogen) atoms. The molecule has 0 amide bonds. The summed E-state index contributed by atoms with van der Waals surface area (Å²) >= 11 is 5.45. The van der Waals surface area contributed by atoms with Gasteiger partial charge in [0.25, 0.3) is 0 Å². The highest BCUT2D eigenvalue weighted by molar-refractivity contribution is 7.81. The monoisotopic (exact) mass is 270 g/mol. The zero-order valence-electron chi connectivity index (χ0n) is 10.6.